The number of carbonyl (C=O) groups excluding carboxylic acids is 2. The van der Waals surface area contributed by atoms with Crippen molar-refractivity contribution in [3.8, 4) is 0 Å². The highest BCUT2D eigenvalue weighted by Crippen LogP contribution is 2.12. The molecule has 0 radical (unpaired) electrons. The lowest BCUT2D eigenvalue weighted by atomic mass is 10.00. The van der Waals surface area contributed by atoms with Crippen LogP contribution in [0.4, 0.5) is 0 Å². The zero-order chi connectivity index (χ0) is 9.40. The first kappa shape index (κ1) is 11.3. The van der Waals surface area contributed by atoms with E-state index in [1.807, 2.05) is 6.92 Å². The molecule has 1 rings (SSSR count). The predicted molar refractivity (Wildman–Crippen MR) is 49.1 cm³/mol. The van der Waals surface area contributed by atoms with Gasteiger partial charge in [0.1, 0.15) is 11.6 Å². The van der Waals surface area contributed by atoms with Gasteiger partial charge < -0.3 is 4.79 Å². The Hall–Kier alpha value is -0.660. The molecule has 0 spiro atoms. The summed E-state index contributed by atoms with van der Waals surface area (Å²) in [4.78, 5) is 20.3. The van der Waals surface area contributed by atoms with Crippen LogP contribution in [0.25, 0.3) is 0 Å². The van der Waals surface area contributed by atoms with E-state index >= 15 is 0 Å². The molecule has 0 aromatic carbocycles. The molecule has 2 heteroatoms. The van der Waals surface area contributed by atoms with E-state index in [-0.39, 0.29) is 5.78 Å². The molecule has 2 nitrogen and oxygen atoms in total. The Bertz CT molecular complexity index is 142. The molecule has 1 saturated carbocycles. The van der Waals surface area contributed by atoms with Gasteiger partial charge in [-0.1, -0.05) is 13.3 Å². The van der Waals surface area contributed by atoms with Gasteiger partial charge in [-0.25, -0.2) is 0 Å². The van der Waals surface area contributed by atoms with Crippen molar-refractivity contribution in [2.24, 2.45) is 0 Å². The molecule has 0 aromatic rings. The van der Waals surface area contributed by atoms with E-state index in [0.29, 0.717) is 12.2 Å². The first-order chi connectivity index (χ1) is 5.66. The summed E-state index contributed by atoms with van der Waals surface area (Å²) in [5.74, 6) is 0.719. The third kappa shape index (κ3) is 7.45. The first-order valence-electron chi connectivity index (χ1n) is 4.68. The summed E-state index contributed by atoms with van der Waals surface area (Å²) in [5.41, 5.74) is 0. The summed E-state index contributed by atoms with van der Waals surface area (Å²) in [6.45, 7) is 3.43. The molecular weight excluding hydrogens is 152 g/mol. The Morgan fingerprint density at radius 2 is 1.67 bits per heavy atom. The van der Waals surface area contributed by atoms with Gasteiger partial charge in [0.2, 0.25) is 0 Å². The smallest absolute Gasteiger partial charge is 0.132 e. The van der Waals surface area contributed by atoms with E-state index in [1.165, 1.54) is 6.42 Å². The Balaban J connectivity index is 0.000000217. The van der Waals surface area contributed by atoms with Crippen molar-refractivity contribution in [2.75, 3.05) is 0 Å². The van der Waals surface area contributed by atoms with Crippen LogP contribution >= 0.6 is 0 Å². The quantitative estimate of drug-likeness (QED) is 0.606. The first-order valence-corrected chi connectivity index (χ1v) is 4.68. The second-order valence-electron chi connectivity index (χ2n) is 3.15. The number of ketones is 2. The highest BCUT2D eigenvalue weighted by molar-refractivity contribution is 5.78. The molecular formula is C10H18O2. The second-order valence-corrected chi connectivity index (χ2v) is 3.15. The summed E-state index contributed by atoms with van der Waals surface area (Å²) in [7, 11) is 0. The van der Waals surface area contributed by atoms with E-state index < -0.39 is 0 Å². The SMILES string of the molecule is CCC(C)=O.O=C1CCCCC1. The van der Waals surface area contributed by atoms with E-state index in [2.05, 4.69) is 0 Å². The zero-order valence-corrected chi connectivity index (χ0v) is 8.06. The predicted octanol–water partition coefficient (Wildman–Crippen LogP) is 2.51. The van der Waals surface area contributed by atoms with Crippen LogP contribution < -0.4 is 0 Å². The van der Waals surface area contributed by atoms with Gasteiger partial charge in [0.15, 0.2) is 0 Å². The molecule has 0 N–H and O–H groups in total. The van der Waals surface area contributed by atoms with Gasteiger partial charge in [-0.2, -0.15) is 0 Å². The van der Waals surface area contributed by atoms with Crippen LogP contribution in [0.1, 0.15) is 52.4 Å². The summed E-state index contributed by atoms with van der Waals surface area (Å²) in [6.07, 6.45) is 5.91. The number of hydrogen-bond donors (Lipinski definition) is 0. The highest BCUT2D eigenvalue weighted by atomic mass is 16.1. The molecule has 0 heterocycles. The van der Waals surface area contributed by atoms with E-state index in [0.717, 1.165) is 25.7 Å². The molecule has 12 heavy (non-hydrogen) atoms. The molecule has 1 fully saturated rings. The van der Waals surface area contributed by atoms with Crippen LogP contribution in [-0.2, 0) is 9.59 Å². The summed E-state index contributed by atoms with van der Waals surface area (Å²) in [6, 6.07) is 0. The maximum atomic E-state index is 10.5. The molecule has 0 saturated heterocycles. The molecule has 0 unspecified atom stereocenters. The Kier molecular flexibility index (Phi) is 6.63. The van der Waals surface area contributed by atoms with Gasteiger partial charge in [-0.05, 0) is 19.8 Å². The Morgan fingerprint density at radius 3 is 1.83 bits per heavy atom. The van der Waals surface area contributed by atoms with Crippen molar-refractivity contribution in [3.05, 3.63) is 0 Å². The minimum absolute atomic E-state index is 0.255. The van der Waals surface area contributed by atoms with Gasteiger partial charge in [0, 0.05) is 19.3 Å². The van der Waals surface area contributed by atoms with Crippen molar-refractivity contribution >= 4 is 11.6 Å². The van der Waals surface area contributed by atoms with Crippen LogP contribution in [0.3, 0.4) is 0 Å². The lowest BCUT2D eigenvalue weighted by molar-refractivity contribution is -0.120. The monoisotopic (exact) mass is 170 g/mol. The Labute approximate surface area is 74.3 Å². The van der Waals surface area contributed by atoms with Crippen molar-refractivity contribution in [3.63, 3.8) is 0 Å². The Morgan fingerprint density at radius 1 is 1.25 bits per heavy atom. The molecule has 0 aromatic heterocycles. The van der Waals surface area contributed by atoms with Crippen molar-refractivity contribution in [2.45, 2.75) is 52.4 Å². The molecule has 0 aliphatic heterocycles. The lowest BCUT2D eigenvalue weighted by Crippen LogP contribution is -2.02. The number of carbonyl (C=O) groups is 2. The fourth-order valence-corrected chi connectivity index (χ4v) is 0.946. The molecule has 1 aliphatic rings. The van der Waals surface area contributed by atoms with Gasteiger partial charge in [-0.3, -0.25) is 4.79 Å². The molecule has 1 aliphatic carbocycles. The van der Waals surface area contributed by atoms with Gasteiger partial charge in [-0.15, -0.1) is 0 Å². The standard InChI is InChI=1S/C6H10O.C4H8O/c7-6-4-2-1-3-5-6;1-3-4(2)5/h1-5H2;3H2,1-2H3. The second kappa shape index (κ2) is 7.01. The summed E-state index contributed by atoms with van der Waals surface area (Å²) in [5, 5.41) is 0. The van der Waals surface area contributed by atoms with E-state index in [4.69, 9.17) is 0 Å². The van der Waals surface area contributed by atoms with Crippen LogP contribution in [0.15, 0.2) is 0 Å². The summed E-state index contributed by atoms with van der Waals surface area (Å²) < 4.78 is 0. The normalized spacial score (nSPS) is 16.3. The number of Topliss-reactive ketones (excluding diaryl/α,β-unsaturated/α-hetero) is 2. The van der Waals surface area contributed by atoms with Crippen LogP contribution in [0, 0.1) is 0 Å². The lowest BCUT2D eigenvalue weighted by Gasteiger charge is -2.05. The largest absolute Gasteiger partial charge is 0.300 e. The average molecular weight is 170 g/mol. The van der Waals surface area contributed by atoms with Gasteiger partial charge >= 0.3 is 0 Å². The fourth-order valence-electron chi connectivity index (χ4n) is 0.946. The third-order valence-electron chi connectivity index (χ3n) is 1.91. The van der Waals surface area contributed by atoms with Crippen LogP contribution in [-0.4, -0.2) is 11.6 Å². The average Bonchev–Trinajstić information content (AvgIpc) is 2.07. The maximum Gasteiger partial charge on any atom is 0.132 e. The van der Waals surface area contributed by atoms with Gasteiger partial charge in [0.25, 0.3) is 0 Å². The zero-order valence-electron chi connectivity index (χ0n) is 8.06. The van der Waals surface area contributed by atoms with Crippen LogP contribution in [0.5, 0.6) is 0 Å². The highest BCUT2D eigenvalue weighted by Gasteiger charge is 2.05. The minimum atomic E-state index is 0.255. The third-order valence-corrected chi connectivity index (χ3v) is 1.91. The molecule has 0 amide bonds. The van der Waals surface area contributed by atoms with Crippen molar-refractivity contribution in [1.82, 2.24) is 0 Å². The van der Waals surface area contributed by atoms with Crippen LogP contribution in [0.2, 0.25) is 0 Å². The topological polar surface area (TPSA) is 34.1 Å². The number of rotatable bonds is 1. The van der Waals surface area contributed by atoms with Crippen molar-refractivity contribution in [1.29, 1.82) is 0 Å². The van der Waals surface area contributed by atoms with E-state index in [1.54, 1.807) is 6.92 Å². The molecule has 0 atom stereocenters. The molecule has 0 bridgehead atoms. The fraction of sp³-hybridized carbons (Fsp3) is 0.800. The number of hydrogen-bond acceptors (Lipinski definition) is 2. The maximum absolute atomic E-state index is 10.5. The molecule has 70 valence electrons. The minimum Gasteiger partial charge on any atom is -0.300 e. The van der Waals surface area contributed by atoms with Crippen molar-refractivity contribution < 1.29 is 9.59 Å². The van der Waals surface area contributed by atoms with Gasteiger partial charge in [0.05, 0.1) is 0 Å². The van der Waals surface area contributed by atoms with E-state index in [9.17, 15) is 9.59 Å². The summed E-state index contributed by atoms with van der Waals surface area (Å²) >= 11 is 0.